The van der Waals surface area contributed by atoms with E-state index >= 15 is 0 Å². The number of hydrogen-bond donors (Lipinski definition) is 1. The van der Waals surface area contributed by atoms with Gasteiger partial charge in [0.25, 0.3) is 0 Å². The lowest BCUT2D eigenvalue weighted by molar-refractivity contribution is 0.174. The van der Waals surface area contributed by atoms with Crippen molar-refractivity contribution in [3.8, 4) is 11.5 Å². The second kappa shape index (κ2) is 4.55. The van der Waals surface area contributed by atoms with Crippen LogP contribution in [0.25, 0.3) is 0 Å². The van der Waals surface area contributed by atoms with Crippen molar-refractivity contribution in [2.24, 2.45) is 5.73 Å². The van der Waals surface area contributed by atoms with Crippen LogP contribution in [0.2, 0.25) is 0 Å². The molecule has 1 aliphatic rings. The highest BCUT2D eigenvalue weighted by molar-refractivity contribution is 7.98. The molecule has 0 saturated heterocycles. The quantitative estimate of drug-likeness (QED) is 0.876. The van der Waals surface area contributed by atoms with E-state index in [2.05, 4.69) is 6.07 Å². The van der Waals surface area contributed by atoms with Crippen LogP contribution in [0.1, 0.15) is 19.4 Å². The fourth-order valence-corrected chi connectivity index (χ4v) is 2.51. The van der Waals surface area contributed by atoms with Crippen molar-refractivity contribution in [1.29, 1.82) is 0 Å². The summed E-state index contributed by atoms with van der Waals surface area (Å²) in [6, 6.07) is 6.08. The Labute approximate surface area is 100 Å². The number of fused-ring (bicyclic) bond motifs is 1. The van der Waals surface area contributed by atoms with Gasteiger partial charge in [0.1, 0.15) is 0 Å². The van der Waals surface area contributed by atoms with Crippen LogP contribution in [0.5, 0.6) is 11.5 Å². The third kappa shape index (κ3) is 3.06. The van der Waals surface area contributed by atoms with Crippen LogP contribution < -0.4 is 15.2 Å². The summed E-state index contributed by atoms with van der Waals surface area (Å²) in [5.41, 5.74) is 7.06. The molecule has 4 heteroatoms. The Morgan fingerprint density at radius 2 is 2.06 bits per heavy atom. The summed E-state index contributed by atoms with van der Waals surface area (Å²) in [6.45, 7) is 4.42. The van der Waals surface area contributed by atoms with E-state index in [1.165, 1.54) is 5.56 Å². The summed E-state index contributed by atoms with van der Waals surface area (Å²) in [4.78, 5) is 0. The minimum Gasteiger partial charge on any atom is -0.454 e. The normalized spacial score (nSPS) is 14.2. The SMILES string of the molecule is CC(C)(N)CSCc1ccc2c(c1)OCO2. The van der Waals surface area contributed by atoms with Crippen LogP contribution in [0, 0.1) is 0 Å². The van der Waals surface area contributed by atoms with Gasteiger partial charge in [0.2, 0.25) is 6.79 Å². The van der Waals surface area contributed by atoms with Gasteiger partial charge in [-0.15, -0.1) is 0 Å². The van der Waals surface area contributed by atoms with Crippen molar-refractivity contribution >= 4 is 11.8 Å². The lowest BCUT2D eigenvalue weighted by Crippen LogP contribution is -2.34. The number of rotatable bonds is 4. The second-order valence-electron chi connectivity index (χ2n) is 4.67. The van der Waals surface area contributed by atoms with Gasteiger partial charge in [0.15, 0.2) is 11.5 Å². The third-order valence-electron chi connectivity index (χ3n) is 2.18. The van der Waals surface area contributed by atoms with E-state index in [1.807, 2.05) is 37.7 Å². The molecule has 1 heterocycles. The van der Waals surface area contributed by atoms with E-state index in [-0.39, 0.29) is 5.54 Å². The van der Waals surface area contributed by atoms with Gasteiger partial charge < -0.3 is 15.2 Å². The Bertz CT molecular complexity index is 374. The standard InChI is InChI=1S/C12H17NO2S/c1-12(2,13)7-16-6-9-3-4-10-11(5-9)15-8-14-10/h3-5H,6-8,13H2,1-2H3. The Kier molecular flexibility index (Phi) is 3.30. The van der Waals surface area contributed by atoms with Gasteiger partial charge in [-0.25, -0.2) is 0 Å². The first kappa shape index (κ1) is 11.6. The van der Waals surface area contributed by atoms with Crippen LogP contribution in [-0.2, 0) is 5.75 Å². The maximum Gasteiger partial charge on any atom is 0.231 e. The maximum absolute atomic E-state index is 5.92. The lowest BCUT2D eigenvalue weighted by Gasteiger charge is -2.17. The highest BCUT2D eigenvalue weighted by atomic mass is 32.2. The molecule has 2 N–H and O–H groups in total. The molecule has 0 amide bonds. The number of hydrogen-bond acceptors (Lipinski definition) is 4. The smallest absolute Gasteiger partial charge is 0.231 e. The molecular formula is C12H17NO2S. The molecule has 0 aromatic heterocycles. The zero-order chi connectivity index (χ0) is 11.6. The van der Waals surface area contributed by atoms with Crippen molar-refractivity contribution in [2.75, 3.05) is 12.5 Å². The number of thioether (sulfide) groups is 1. The first-order valence-corrected chi connectivity index (χ1v) is 6.45. The van der Waals surface area contributed by atoms with Gasteiger partial charge in [-0.3, -0.25) is 0 Å². The highest BCUT2D eigenvalue weighted by Gasteiger charge is 2.14. The van der Waals surface area contributed by atoms with E-state index in [0.717, 1.165) is 23.0 Å². The molecule has 0 bridgehead atoms. The molecule has 1 aromatic rings. The average molecular weight is 239 g/mol. The second-order valence-corrected chi connectivity index (χ2v) is 5.65. The van der Waals surface area contributed by atoms with Crippen LogP contribution in [0.15, 0.2) is 18.2 Å². The monoisotopic (exact) mass is 239 g/mol. The van der Waals surface area contributed by atoms with E-state index < -0.39 is 0 Å². The molecular weight excluding hydrogens is 222 g/mol. The summed E-state index contributed by atoms with van der Waals surface area (Å²) >= 11 is 1.84. The zero-order valence-electron chi connectivity index (χ0n) is 9.66. The van der Waals surface area contributed by atoms with Crippen LogP contribution in [0.4, 0.5) is 0 Å². The molecule has 0 atom stereocenters. The first-order valence-electron chi connectivity index (χ1n) is 5.30. The molecule has 2 rings (SSSR count). The minimum atomic E-state index is -0.110. The molecule has 88 valence electrons. The summed E-state index contributed by atoms with van der Waals surface area (Å²) in [7, 11) is 0. The molecule has 0 unspecified atom stereocenters. The van der Waals surface area contributed by atoms with Gasteiger partial charge >= 0.3 is 0 Å². The number of nitrogens with two attached hydrogens (primary N) is 1. The molecule has 0 aliphatic carbocycles. The predicted molar refractivity (Wildman–Crippen MR) is 67.0 cm³/mol. The van der Waals surface area contributed by atoms with Gasteiger partial charge in [-0.05, 0) is 31.5 Å². The topological polar surface area (TPSA) is 44.5 Å². The fourth-order valence-electron chi connectivity index (χ4n) is 1.46. The van der Waals surface area contributed by atoms with Crippen molar-refractivity contribution in [1.82, 2.24) is 0 Å². The summed E-state index contributed by atoms with van der Waals surface area (Å²) < 4.78 is 10.6. The Hall–Kier alpha value is -0.870. The van der Waals surface area contributed by atoms with E-state index in [4.69, 9.17) is 15.2 Å². The summed E-state index contributed by atoms with van der Waals surface area (Å²) in [5, 5.41) is 0. The van der Waals surface area contributed by atoms with Crippen molar-refractivity contribution in [3.63, 3.8) is 0 Å². The average Bonchev–Trinajstić information content (AvgIpc) is 2.62. The van der Waals surface area contributed by atoms with Crippen molar-refractivity contribution in [2.45, 2.75) is 25.1 Å². The largest absolute Gasteiger partial charge is 0.454 e. The molecule has 1 aromatic carbocycles. The van der Waals surface area contributed by atoms with E-state index in [9.17, 15) is 0 Å². The highest BCUT2D eigenvalue weighted by Crippen LogP contribution is 2.33. The molecule has 0 saturated carbocycles. The molecule has 1 aliphatic heterocycles. The fraction of sp³-hybridized carbons (Fsp3) is 0.500. The molecule has 0 fully saturated rings. The van der Waals surface area contributed by atoms with Crippen molar-refractivity contribution < 1.29 is 9.47 Å². The predicted octanol–water partition coefficient (Wildman–Crippen LogP) is 2.39. The summed E-state index contributed by atoms with van der Waals surface area (Å²) in [5.74, 6) is 3.59. The molecule has 16 heavy (non-hydrogen) atoms. The third-order valence-corrected chi connectivity index (χ3v) is 3.67. The van der Waals surface area contributed by atoms with Crippen LogP contribution in [0.3, 0.4) is 0 Å². The van der Waals surface area contributed by atoms with Gasteiger partial charge in [-0.1, -0.05) is 6.07 Å². The van der Waals surface area contributed by atoms with Crippen molar-refractivity contribution in [3.05, 3.63) is 23.8 Å². The Morgan fingerprint density at radius 1 is 1.31 bits per heavy atom. The van der Waals surface area contributed by atoms with Crippen LogP contribution >= 0.6 is 11.8 Å². The first-order chi connectivity index (χ1) is 7.54. The zero-order valence-corrected chi connectivity index (χ0v) is 10.5. The van der Waals surface area contributed by atoms with Crippen LogP contribution in [-0.4, -0.2) is 18.1 Å². The van der Waals surface area contributed by atoms with Gasteiger partial charge in [0, 0.05) is 17.0 Å². The maximum atomic E-state index is 5.92. The summed E-state index contributed by atoms with van der Waals surface area (Å²) in [6.07, 6.45) is 0. The van der Waals surface area contributed by atoms with E-state index in [1.54, 1.807) is 0 Å². The minimum absolute atomic E-state index is 0.110. The number of benzene rings is 1. The molecule has 3 nitrogen and oxygen atoms in total. The Balaban J connectivity index is 1.91. The van der Waals surface area contributed by atoms with Gasteiger partial charge in [-0.2, -0.15) is 11.8 Å². The molecule has 0 radical (unpaired) electrons. The van der Waals surface area contributed by atoms with Gasteiger partial charge in [0.05, 0.1) is 0 Å². The molecule has 0 spiro atoms. The Morgan fingerprint density at radius 3 is 2.81 bits per heavy atom. The number of ether oxygens (including phenoxy) is 2. The lowest BCUT2D eigenvalue weighted by atomic mass is 10.1. The van der Waals surface area contributed by atoms with E-state index in [0.29, 0.717) is 6.79 Å².